The Labute approximate surface area is 233 Å². The molecule has 0 saturated carbocycles. The standard InChI is InChI=1S/C31H31N3O4S/c1-3-38-31(37)33-16-14-32(15-17-33)29(35)25-12-13-27-26(20-25)34(21-24-11-7-8-22(2)18-24)30(36)28(39-27)19-23-9-5-4-6-10-23/h4-13,18-20H,3,14-17,21H2,1-2H3/b28-19-. The van der Waals surface area contributed by atoms with Gasteiger partial charge in [-0.2, -0.15) is 0 Å². The van der Waals surface area contributed by atoms with Crippen molar-refractivity contribution in [2.45, 2.75) is 25.3 Å². The summed E-state index contributed by atoms with van der Waals surface area (Å²) in [4.78, 5) is 46.0. The molecule has 0 radical (unpaired) electrons. The molecule has 3 aromatic carbocycles. The monoisotopic (exact) mass is 541 g/mol. The molecule has 0 atom stereocenters. The van der Waals surface area contributed by atoms with Gasteiger partial charge in [0.05, 0.1) is 23.7 Å². The number of carbonyl (C=O) groups is 3. The van der Waals surface area contributed by atoms with E-state index in [1.165, 1.54) is 11.8 Å². The summed E-state index contributed by atoms with van der Waals surface area (Å²) in [7, 11) is 0. The lowest BCUT2D eigenvalue weighted by molar-refractivity contribution is -0.114. The van der Waals surface area contributed by atoms with Crippen LogP contribution in [0.5, 0.6) is 0 Å². The van der Waals surface area contributed by atoms with Crippen molar-refractivity contribution in [2.75, 3.05) is 37.7 Å². The molecule has 200 valence electrons. The van der Waals surface area contributed by atoms with Gasteiger partial charge in [-0.1, -0.05) is 71.9 Å². The summed E-state index contributed by atoms with van der Waals surface area (Å²) in [5.74, 6) is -0.203. The van der Waals surface area contributed by atoms with Crippen LogP contribution in [0.4, 0.5) is 10.5 Å². The van der Waals surface area contributed by atoms with Gasteiger partial charge in [-0.15, -0.1) is 0 Å². The third-order valence-electron chi connectivity index (χ3n) is 6.79. The molecule has 0 bridgehead atoms. The highest BCUT2D eigenvalue weighted by Crippen LogP contribution is 2.43. The Balaban J connectivity index is 1.43. The number of hydrogen-bond donors (Lipinski definition) is 0. The van der Waals surface area contributed by atoms with E-state index < -0.39 is 0 Å². The van der Waals surface area contributed by atoms with Gasteiger partial charge in [0.25, 0.3) is 11.8 Å². The molecule has 3 aromatic rings. The van der Waals surface area contributed by atoms with Crippen molar-refractivity contribution >= 4 is 41.4 Å². The van der Waals surface area contributed by atoms with Crippen molar-refractivity contribution in [3.05, 3.63) is 100.0 Å². The van der Waals surface area contributed by atoms with Gasteiger partial charge in [0, 0.05) is 36.6 Å². The SMILES string of the molecule is CCOC(=O)N1CCN(C(=O)c2ccc3c(c2)N(Cc2cccc(C)c2)C(=O)/C(=C/c2ccccc2)S3)CC1. The summed E-state index contributed by atoms with van der Waals surface area (Å²) in [6.45, 7) is 6.25. The molecule has 39 heavy (non-hydrogen) atoms. The van der Waals surface area contributed by atoms with Gasteiger partial charge in [-0.25, -0.2) is 4.79 Å². The predicted molar refractivity (Wildman–Crippen MR) is 154 cm³/mol. The lowest BCUT2D eigenvalue weighted by Crippen LogP contribution is -2.50. The summed E-state index contributed by atoms with van der Waals surface area (Å²) in [6.07, 6.45) is 1.57. The van der Waals surface area contributed by atoms with E-state index in [0.29, 0.717) is 49.8 Å². The van der Waals surface area contributed by atoms with E-state index in [4.69, 9.17) is 4.74 Å². The molecule has 8 heteroatoms. The highest BCUT2D eigenvalue weighted by molar-refractivity contribution is 8.04. The molecule has 0 aliphatic carbocycles. The lowest BCUT2D eigenvalue weighted by Gasteiger charge is -2.35. The second-order valence-corrected chi connectivity index (χ2v) is 10.6. The summed E-state index contributed by atoms with van der Waals surface area (Å²) in [5, 5.41) is 0. The molecule has 2 aliphatic heterocycles. The Hall–Kier alpha value is -4.04. The maximum atomic E-state index is 13.8. The Morgan fingerprint density at radius 2 is 1.67 bits per heavy atom. The molecule has 0 aromatic heterocycles. The van der Waals surface area contributed by atoms with Crippen LogP contribution in [-0.4, -0.2) is 60.5 Å². The quantitative estimate of drug-likeness (QED) is 0.394. The molecule has 1 fully saturated rings. The number of ether oxygens (including phenoxy) is 1. The summed E-state index contributed by atoms with van der Waals surface area (Å²) in [6, 6.07) is 23.5. The zero-order valence-electron chi connectivity index (χ0n) is 22.1. The summed E-state index contributed by atoms with van der Waals surface area (Å²) < 4.78 is 5.09. The Bertz CT molecular complexity index is 1410. The fourth-order valence-electron chi connectivity index (χ4n) is 4.78. The number of piperazine rings is 1. The maximum Gasteiger partial charge on any atom is 0.409 e. The lowest BCUT2D eigenvalue weighted by atomic mass is 10.1. The van der Waals surface area contributed by atoms with Crippen molar-refractivity contribution in [1.82, 2.24) is 9.80 Å². The summed E-state index contributed by atoms with van der Waals surface area (Å²) >= 11 is 1.43. The normalized spacial score (nSPS) is 16.3. The molecule has 7 nitrogen and oxygen atoms in total. The average molecular weight is 542 g/mol. The fraction of sp³-hybridized carbons (Fsp3) is 0.258. The number of nitrogens with zero attached hydrogens (tertiary/aromatic N) is 3. The van der Waals surface area contributed by atoms with E-state index in [2.05, 4.69) is 6.07 Å². The maximum absolute atomic E-state index is 13.8. The predicted octanol–water partition coefficient (Wildman–Crippen LogP) is 5.59. The van der Waals surface area contributed by atoms with Crippen LogP contribution in [0.15, 0.2) is 82.6 Å². The van der Waals surface area contributed by atoms with Crippen LogP contribution in [0.3, 0.4) is 0 Å². The third kappa shape index (κ3) is 6.01. The molecule has 2 heterocycles. The summed E-state index contributed by atoms with van der Waals surface area (Å²) in [5.41, 5.74) is 4.36. The number of carbonyl (C=O) groups excluding carboxylic acids is 3. The van der Waals surface area contributed by atoms with Crippen molar-refractivity contribution in [1.29, 1.82) is 0 Å². The number of aryl methyl sites for hydroxylation is 1. The topological polar surface area (TPSA) is 70.2 Å². The van der Waals surface area contributed by atoms with Crippen LogP contribution in [0.2, 0.25) is 0 Å². The molecule has 2 aliphatic rings. The second kappa shape index (κ2) is 11.8. The van der Waals surface area contributed by atoms with Crippen molar-refractivity contribution < 1.29 is 19.1 Å². The average Bonchev–Trinajstić information content (AvgIpc) is 2.95. The second-order valence-electron chi connectivity index (χ2n) is 9.56. The van der Waals surface area contributed by atoms with Gasteiger partial charge in [-0.05, 0) is 49.2 Å². The molecule has 1 saturated heterocycles. The van der Waals surface area contributed by atoms with Gasteiger partial charge in [0.2, 0.25) is 0 Å². The number of rotatable bonds is 5. The number of thioether (sulfide) groups is 1. The van der Waals surface area contributed by atoms with Gasteiger partial charge in [0.15, 0.2) is 0 Å². The molecule has 5 rings (SSSR count). The largest absolute Gasteiger partial charge is 0.450 e. The number of hydrogen-bond acceptors (Lipinski definition) is 5. The zero-order chi connectivity index (χ0) is 27.4. The third-order valence-corrected chi connectivity index (χ3v) is 7.86. The van der Waals surface area contributed by atoms with Crippen LogP contribution < -0.4 is 4.90 Å². The first-order valence-electron chi connectivity index (χ1n) is 13.1. The smallest absolute Gasteiger partial charge is 0.409 e. The first-order chi connectivity index (χ1) is 18.9. The molecule has 0 spiro atoms. The number of amides is 3. The molecule has 3 amide bonds. The minimum absolute atomic E-state index is 0.0921. The molecule has 0 unspecified atom stereocenters. The number of fused-ring (bicyclic) bond motifs is 1. The molecular weight excluding hydrogens is 510 g/mol. The first kappa shape index (κ1) is 26.6. The van der Waals surface area contributed by atoms with Crippen LogP contribution in [0, 0.1) is 6.92 Å². The number of benzene rings is 3. The van der Waals surface area contributed by atoms with Crippen molar-refractivity contribution in [2.24, 2.45) is 0 Å². The molecular formula is C31H31N3O4S. The van der Waals surface area contributed by atoms with Gasteiger partial charge >= 0.3 is 6.09 Å². The Morgan fingerprint density at radius 3 is 2.38 bits per heavy atom. The highest BCUT2D eigenvalue weighted by Gasteiger charge is 2.31. The minimum atomic E-state index is -0.347. The van der Waals surface area contributed by atoms with E-state index in [-0.39, 0.29) is 17.9 Å². The highest BCUT2D eigenvalue weighted by atomic mass is 32.2. The Morgan fingerprint density at radius 1 is 0.923 bits per heavy atom. The molecule has 0 N–H and O–H groups in total. The van der Waals surface area contributed by atoms with Crippen LogP contribution in [0.1, 0.15) is 34.0 Å². The number of anilines is 1. The van der Waals surface area contributed by atoms with Gasteiger partial charge in [-0.3, -0.25) is 9.59 Å². The van der Waals surface area contributed by atoms with Gasteiger partial charge in [0.1, 0.15) is 0 Å². The van der Waals surface area contributed by atoms with Crippen LogP contribution in [0.25, 0.3) is 6.08 Å². The van der Waals surface area contributed by atoms with E-state index in [9.17, 15) is 14.4 Å². The van der Waals surface area contributed by atoms with Gasteiger partial charge < -0.3 is 19.4 Å². The van der Waals surface area contributed by atoms with E-state index in [1.54, 1.807) is 21.6 Å². The minimum Gasteiger partial charge on any atom is -0.450 e. The van der Waals surface area contributed by atoms with Crippen molar-refractivity contribution in [3.8, 4) is 0 Å². The first-order valence-corrected chi connectivity index (χ1v) is 13.9. The van der Waals surface area contributed by atoms with E-state index in [0.717, 1.165) is 27.3 Å². The zero-order valence-corrected chi connectivity index (χ0v) is 22.9. The van der Waals surface area contributed by atoms with E-state index >= 15 is 0 Å². The van der Waals surface area contributed by atoms with Crippen LogP contribution >= 0.6 is 11.8 Å². The van der Waals surface area contributed by atoms with E-state index in [1.807, 2.05) is 79.7 Å². The Kier molecular flexibility index (Phi) is 8.02. The fourth-order valence-corrected chi connectivity index (χ4v) is 5.82. The van der Waals surface area contributed by atoms with Crippen molar-refractivity contribution in [3.63, 3.8) is 0 Å². The van der Waals surface area contributed by atoms with Crippen LogP contribution in [-0.2, 0) is 16.1 Å².